The van der Waals surface area contributed by atoms with Crippen molar-refractivity contribution in [1.82, 2.24) is 5.43 Å². The molecule has 0 heterocycles. The lowest BCUT2D eigenvalue weighted by Gasteiger charge is -2.12. The van der Waals surface area contributed by atoms with Crippen LogP contribution in [0.1, 0.15) is 21.5 Å². The second kappa shape index (κ2) is 10.8. The smallest absolute Gasteiger partial charge is 0.275 e. The Labute approximate surface area is 193 Å². The molecule has 0 aliphatic heterocycles. The Hall–Kier alpha value is -3.03. The summed E-state index contributed by atoms with van der Waals surface area (Å²) in [5.74, 6) is 1.17. The highest BCUT2D eigenvalue weighted by Gasteiger charge is 2.12. The van der Waals surface area contributed by atoms with Crippen LogP contribution in [0.5, 0.6) is 17.2 Å². The molecule has 1 N–H and O–H groups in total. The molecule has 0 saturated carbocycles. The maximum absolute atomic E-state index is 12.4. The molecule has 0 aliphatic rings. The molecule has 8 heteroatoms. The van der Waals surface area contributed by atoms with E-state index in [1.54, 1.807) is 43.5 Å². The average molecular weight is 504 g/mol. The molecule has 6 nitrogen and oxygen atoms in total. The Kier molecular flexibility index (Phi) is 7.92. The molecule has 0 aliphatic carbocycles. The molecule has 0 bridgehead atoms. The number of nitrogens with zero attached hydrogens (tertiary/aromatic N) is 1. The minimum Gasteiger partial charge on any atom is -0.496 e. The van der Waals surface area contributed by atoms with Crippen LogP contribution in [-0.4, -0.2) is 26.3 Å². The summed E-state index contributed by atoms with van der Waals surface area (Å²) in [5, 5.41) is 4.67. The van der Waals surface area contributed by atoms with Crippen molar-refractivity contribution in [2.24, 2.45) is 5.10 Å². The zero-order valence-corrected chi connectivity index (χ0v) is 19.2. The quantitative estimate of drug-likeness (QED) is 0.327. The van der Waals surface area contributed by atoms with E-state index in [1.807, 2.05) is 24.3 Å². The van der Waals surface area contributed by atoms with Crippen molar-refractivity contribution in [3.05, 3.63) is 86.8 Å². The first-order valence-electron chi connectivity index (χ1n) is 9.23. The van der Waals surface area contributed by atoms with Gasteiger partial charge in [-0.05, 0) is 48.0 Å². The van der Waals surface area contributed by atoms with Gasteiger partial charge in [0.05, 0.1) is 26.0 Å². The van der Waals surface area contributed by atoms with Crippen LogP contribution in [0.3, 0.4) is 0 Å². The second-order valence-corrected chi connectivity index (χ2v) is 7.66. The van der Waals surface area contributed by atoms with Crippen LogP contribution >= 0.6 is 27.5 Å². The Morgan fingerprint density at radius 2 is 1.77 bits per heavy atom. The molecule has 0 saturated heterocycles. The summed E-state index contributed by atoms with van der Waals surface area (Å²) in [6.07, 6.45) is 1.52. The van der Waals surface area contributed by atoms with E-state index in [-0.39, 0.29) is 6.61 Å². The molecule has 3 aromatic rings. The van der Waals surface area contributed by atoms with Crippen LogP contribution in [0, 0.1) is 0 Å². The largest absolute Gasteiger partial charge is 0.496 e. The standard InChI is InChI=1S/C23H20BrClN2O4/c1-29-20-10-8-17(24)12-18(20)23(28)27-26-13-15-7-9-21(30-2)22(11-15)31-14-16-5-3-4-6-19(16)25/h3-13H,14H2,1-2H3,(H,27,28)/b26-13-. The summed E-state index contributed by atoms with van der Waals surface area (Å²) in [6.45, 7) is 0.288. The van der Waals surface area contributed by atoms with E-state index in [9.17, 15) is 4.79 Å². The normalized spacial score (nSPS) is 10.7. The molecule has 0 radical (unpaired) electrons. The lowest BCUT2D eigenvalue weighted by atomic mass is 10.2. The predicted molar refractivity (Wildman–Crippen MR) is 125 cm³/mol. The van der Waals surface area contributed by atoms with Crippen molar-refractivity contribution in [1.29, 1.82) is 0 Å². The van der Waals surface area contributed by atoms with Crippen molar-refractivity contribution in [3.63, 3.8) is 0 Å². The van der Waals surface area contributed by atoms with Gasteiger partial charge in [-0.2, -0.15) is 5.10 Å². The fourth-order valence-corrected chi connectivity index (χ4v) is 3.29. The van der Waals surface area contributed by atoms with E-state index in [0.717, 1.165) is 15.6 Å². The zero-order valence-electron chi connectivity index (χ0n) is 16.9. The molecule has 1 amide bonds. The molecule has 3 rings (SSSR count). The highest BCUT2D eigenvalue weighted by molar-refractivity contribution is 9.10. The molecule has 0 aromatic heterocycles. The summed E-state index contributed by atoms with van der Waals surface area (Å²) >= 11 is 9.54. The Bertz CT molecular complexity index is 1100. The highest BCUT2D eigenvalue weighted by Crippen LogP contribution is 2.29. The fourth-order valence-electron chi connectivity index (χ4n) is 2.74. The maximum atomic E-state index is 12.4. The number of rotatable bonds is 8. The summed E-state index contributed by atoms with van der Waals surface area (Å²) in [5.41, 5.74) is 4.45. The van der Waals surface area contributed by atoms with Gasteiger partial charge in [-0.1, -0.05) is 45.7 Å². The van der Waals surface area contributed by atoms with E-state index >= 15 is 0 Å². The summed E-state index contributed by atoms with van der Waals surface area (Å²) in [7, 11) is 3.07. The minimum atomic E-state index is -0.391. The van der Waals surface area contributed by atoms with Gasteiger partial charge in [0.15, 0.2) is 11.5 Å². The van der Waals surface area contributed by atoms with Gasteiger partial charge in [0, 0.05) is 15.1 Å². The molecule has 160 valence electrons. The molecule has 0 spiro atoms. The van der Waals surface area contributed by atoms with Crippen LogP contribution in [0.25, 0.3) is 0 Å². The van der Waals surface area contributed by atoms with Crippen molar-refractivity contribution in [2.75, 3.05) is 14.2 Å². The lowest BCUT2D eigenvalue weighted by molar-refractivity contribution is 0.0952. The number of nitrogens with one attached hydrogen (secondary N) is 1. The van der Waals surface area contributed by atoms with Gasteiger partial charge in [0.1, 0.15) is 12.4 Å². The third-order valence-corrected chi connectivity index (χ3v) is 5.18. The first-order valence-corrected chi connectivity index (χ1v) is 10.4. The van der Waals surface area contributed by atoms with Crippen LogP contribution in [0.2, 0.25) is 5.02 Å². The van der Waals surface area contributed by atoms with Crippen LogP contribution < -0.4 is 19.6 Å². The number of amides is 1. The van der Waals surface area contributed by atoms with Gasteiger partial charge >= 0.3 is 0 Å². The van der Waals surface area contributed by atoms with Gasteiger partial charge in [-0.15, -0.1) is 0 Å². The Morgan fingerprint density at radius 1 is 1.03 bits per heavy atom. The number of ether oxygens (including phenoxy) is 3. The maximum Gasteiger partial charge on any atom is 0.275 e. The van der Waals surface area contributed by atoms with Crippen LogP contribution in [0.15, 0.2) is 70.2 Å². The zero-order chi connectivity index (χ0) is 22.2. The molecular formula is C23H20BrClN2O4. The first kappa shape index (κ1) is 22.7. The number of methoxy groups -OCH3 is 2. The van der Waals surface area contributed by atoms with Crippen molar-refractivity contribution in [2.45, 2.75) is 6.61 Å². The van der Waals surface area contributed by atoms with Gasteiger partial charge < -0.3 is 14.2 Å². The SMILES string of the molecule is COc1ccc(/C=N\NC(=O)c2cc(Br)ccc2OC)cc1OCc1ccccc1Cl. The average Bonchev–Trinajstić information content (AvgIpc) is 2.78. The van der Waals surface area contributed by atoms with Crippen LogP contribution in [0.4, 0.5) is 0 Å². The Balaban J connectivity index is 1.71. The van der Waals surface area contributed by atoms with Crippen molar-refractivity contribution in [3.8, 4) is 17.2 Å². The molecule has 3 aromatic carbocycles. The number of hydrogen-bond acceptors (Lipinski definition) is 5. The van der Waals surface area contributed by atoms with Gasteiger partial charge in [0.25, 0.3) is 5.91 Å². The van der Waals surface area contributed by atoms with Gasteiger partial charge in [-0.25, -0.2) is 5.43 Å². The number of benzene rings is 3. The van der Waals surface area contributed by atoms with Gasteiger partial charge in [-0.3, -0.25) is 4.79 Å². The number of hydrazone groups is 1. The van der Waals surface area contributed by atoms with E-state index in [4.69, 9.17) is 25.8 Å². The number of carbonyl (C=O) groups is 1. The lowest BCUT2D eigenvalue weighted by Crippen LogP contribution is -2.18. The molecule has 0 fully saturated rings. The topological polar surface area (TPSA) is 69.2 Å². The first-order chi connectivity index (χ1) is 15.0. The number of hydrogen-bond donors (Lipinski definition) is 1. The Morgan fingerprint density at radius 3 is 2.52 bits per heavy atom. The minimum absolute atomic E-state index is 0.288. The summed E-state index contributed by atoms with van der Waals surface area (Å²) in [6, 6.07) is 18.0. The van der Waals surface area contributed by atoms with Gasteiger partial charge in [0.2, 0.25) is 0 Å². The van der Waals surface area contributed by atoms with E-state index in [2.05, 4.69) is 26.5 Å². The summed E-state index contributed by atoms with van der Waals surface area (Å²) in [4.78, 5) is 12.4. The molecular weight excluding hydrogens is 484 g/mol. The van der Waals surface area contributed by atoms with E-state index in [0.29, 0.717) is 27.8 Å². The monoisotopic (exact) mass is 502 g/mol. The van der Waals surface area contributed by atoms with E-state index < -0.39 is 5.91 Å². The number of carbonyl (C=O) groups excluding carboxylic acids is 1. The molecule has 0 atom stereocenters. The second-order valence-electron chi connectivity index (χ2n) is 6.33. The molecule has 31 heavy (non-hydrogen) atoms. The highest BCUT2D eigenvalue weighted by atomic mass is 79.9. The third-order valence-electron chi connectivity index (χ3n) is 4.31. The van der Waals surface area contributed by atoms with Crippen molar-refractivity contribution >= 4 is 39.7 Å². The number of halogens is 2. The van der Waals surface area contributed by atoms with Crippen LogP contribution in [-0.2, 0) is 6.61 Å². The van der Waals surface area contributed by atoms with E-state index in [1.165, 1.54) is 13.3 Å². The fraction of sp³-hybridized carbons (Fsp3) is 0.130. The van der Waals surface area contributed by atoms with Crippen molar-refractivity contribution < 1.29 is 19.0 Å². The molecule has 0 unspecified atom stereocenters. The summed E-state index contributed by atoms with van der Waals surface area (Å²) < 4.78 is 17.2. The predicted octanol–water partition coefficient (Wildman–Crippen LogP) is 5.46. The third kappa shape index (κ3) is 5.99.